The van der Waals surface area contributed by atoms with E-state index in [1.807, 2.05) is 32.2 Å². The van der Waals surface area contributed by atoms with Crippen LogP contribution in [0.25, 0.3) is 0 Å². The molecule has 1 aromatic carbocycles. The summed E-state index contributed by atoms with van der Waals surface area (Å²) in [6.45, 7) is 6.34. The zero-order chi connectivity index (χ0) is 32.0. The minimum atomic E-state index is -1.41. The Hall–Kier alpha value is -2.20. The zero-order valence-corrected chi connectivity index (χ0v) is 27.7. The smallest absolute Gasteiger partial charge is 0.353 e. The number of nitrogens with one attached hydrogen (secondary N) is 2. The van der Waals surface area contributed by atoms with Crippen LogP contribution in [-0.4, -0.2) is 114 Å². The van der Waals surface area contributed by atoms with Gasteiger partial charge in [0.15, 0.2) is 22.7 Å². The third kappa shape index (κ3) is 7.95. The lowest BCUT2D eigenvalue weighted by Gasteiger charge is -2.46. The molecule has 246 valence electrons. The first-order valence-electron chi connectivity index (χ1n) is 15.1. The van der Waals surface area contributed by atoms with E-state index in [4.69, 9.17) is 14.2 Å². The van der Waals surface area contributed by atoms with Gasteiger partial charge in [-0.3, -0.25) is 4.79 Å². The number of hydrogen-bond donors (Lipinski definition) is 4. The summed E-state index contributed by atoms with van der Waals surface area (Å²) in [5.41, 5.74) is 1.25. The van der Waals surface area contributed by atoms with E-state index in [0.29, 0.717) is 31.2 Å². The number of unbranched alkanes of at least 4 members (excludes halogenated alkanes) is 1. The Bertz CT molecular complexity index is 1230. The number of thioether (sulfide) groups is 1. The van der Waals surface area contributed by atoms with Crippen LogP contribution in [-0.2, 0) is 31.9 Å². The second kappa shape index (κ2) is 15.9. The first-order valence-corrected chi connectivity index (χ1v) is 17.1. The standard InChI is InChI=1S/C30H46N4O8S2/c1-18-26-25(19(2)35)29(36)34(26)27(30(37)38)28(18)43-22-15-21(33(3)17-22)16-32-44(39)31-11-13-42-12-7-6-8-20-9-10-23(40-4)24(14-20)41-5/h9-10,14,18-19,21-22,25-26,31-32,35H,6-8,11-13,15-17H2,1-5H3,(H,37,38)/t18-,19-,21+,22+,25-,26?,44?/m1/s1. The van der Waals surface area contributed by atoms with E-state index in [9.17, 15) is 24.0 Å². The highest BCUT2D eigenvalue weighted by atomic mass is 32.2. The van der Waals surface area contributed by atoms with Crippen molar-refractivity contribution >= 4 is 34.8 Å². The van der Waals surface area contributed by atoms with Gasteiger partial charge >= 0.3 is 5.97 Å². The highest BCUT2D eigenvalue weighted by Gasteiger charge is 2.60. The number of carboxylic acid groups (broad SMARTS) is 1. The minimum Gasteiger partial charge on any atom is -0.493 e. The molecule has 3 aliphatic rings. The number of β-lactam (4-membered cyclic amide) rings is 1. The van der Waals surface area contributed by atoms with Crippen LogP contribution < -0.4 is 18.9 Å². The maximum Gasteiger partial charge on any atom is 0.353 e. The second-order valence-electron chi connectivity index (χ2n) is 11.6. The van der Waals surface area contributed by atoms with Crippen LogP contribution in [0.5, 0.6) is 11.5 Å². The lowest BCUT2D eigenvalue weighted by molar-refractivity contribution is -0.163. The van der Waals surface area contributed by atoms with Crippen molar-refractivity contribution in [3.63, 3.8) is 0 Å². The first-order chi connectivity index (χ1) is 21.1. The van der Waals surface area contributed by atoms with Crippen molar-refractivity contribution in [1.29, 1.82) is 0 Å². The quantitative estimate of drug-likeness (QED) is 0.136. The monoisotopic (exact) mass is 654 g/mol. The Kier molecular flexibility index (Phi) is 12.5. The van der Waals surface area contributed by atoms with E-state index in [2.05, 4.69) is 14.3 Å². The number of rotatable bonds is 18. The molecule has 0 saturated carbocycles. The van der Waals surface area contributed by atoms with Crippen LogP contribution in [0, 0.1) is 11.8 Å². The number of likely N-dealkylation sites (tertiary alicyclic amines) is 1. The number of amides is 1. The third-order valence-corrected chi connectivity index (χ3v) is 11.0. The molecular weight excluding hydrogens is 608 g/mol. The van der Waals surface area contributed by atoms with Crippen molar-refractivity contribution in [3.8, 4) is 11.5 Å². The number of aliphatic carboxylic acids is 1. The molecule has 2 unspecified atom stereocenters. The number of carbonyl (C=O) groups is 2. The summed E-state index contributed by atoms with van der Waals surface area (Å²) in [4.78, 5) is 29.0. The molecule has 4 N–H and O–H groups in total. The average molecular weight is 655 g/mol. The Morgan fingerprint density at radius 2 is 1.93 bits per heavy atom. The molecule has 2 fully saturated rings. The van der Waals surface area contributed by atoms with Crippen molar-refractivity contribution in [2.24, 2.45) is 11.8 Å². The van der Waals surface area contributed by atoms with Gasteiger partial charge < -0.3 is 34.2 Å². The summed E-state index contributed by atoms with van der Waals surface area (Å²) in [5.74, 6) is -0.691. The summed E-state index contributed by atoms with van der Waals surface area (Å²) in [6.07, 6.45) is 2.80. The van der Waals surface area contributed by atoms with Crippen molar-refractivity contribution in [2.45, 2.75) is 63.0 Å². The van der Waals surface area contributed by atoms with Gasteiger partial charge in [-0.05, 0) is 57.4 Å². The summed E-state index contributed by atoms with van der Waals surface area (Å²) in [6, 6.07) is 5.77. The number of fused-ring (bicyclic) bond motifs is 1. The fourth-order valence-electron chi connectivity index (χ4n) is 6.31. The van der Waals surface area contributed by atoms with Gasteiger partial charge in [0.25, 0.3) is 0 Å². The molecule has 0 radical (unpaired) electrons. The van der Waals surface area contributed by atoms with Gasteiger partial charge in [0.2, 0.25) is 5.91 Å². The molecule has 3 heterocycles. The van der Waals surface area contributed by atoms with Gasteiger partial charge in [-0.1, -0.05) is 13.0 Å². The van der Waals surface area contributed by atoms with Gasteiger partial charge in [-0.15, -0.1) is 11.8 Å². The number of ether oxygens (including phenoxy) is 3. The number of carbonyl (C=O) groups excluding carboxylic acids is 1. The molecule has 4 rings (SSSR count). The number of carboxylic acids is 1. The van der Waals surface area contributed by atoms with Gasteiger partial charge in [0.1, 0.15) is 5.70 Å². The fraction of sp³-hybridized carbons (Fsp3) is 0.667. The van der Waals surface area contributed by atoms with Crippen LogP contribution in [0.2, 0.25) is 0 Å². The van der Waals surface area contributed by atoms with E-state index in [1.54, 1.807) is 21.1 Å². The van der Waals surface area contributed by atoms with Crippen molar-refractivity contribution in [2.75, 3.05) is 54.1 Å². The van der Waals surface area contributed by atoms with Gasteiger partial charge in [0.05, 0.1) is 38.9 Å². The molecule has 0 spiro atoms. The van der Waals surface area contributed by atoms with Crippen LogP contribution >= 0.6 is 11.8 Å². The van der Waals surface area contributed by atoms with E-state index in [1.165, 1.54) is 22.2 Å². The van der Waals surface area contributed by atoms with E-state index < -0.39 is 29.2 Å². The molecule has 0 aliphatic carbocycles. The molecule has 0 bridgehead atoms. The van der Waals surface area contributed by atoms with Crippen molar-refractivity contribution < 1.29 is 38.2 Å². The number of aliphatic hydroxyl groups excluding tert-OH is 1. The molecular formula is C30H46N4O8S2. The van der Waals surface area contributed by atoms with Gasteiger partial charge in [-0.2, -0.15) is 0 Å². The molecule has 1 aromatic rings. The van der Waals surface area contributed by atoms with E-state index in [0.717, 1.165) is 43.7 Å². The average Bonchev–Trinajstić information content (AvgIpc) is 3.46. The van der Waals surface area contributed by atoms with Crippen LogP contribution in [0.4, 0.5) is 0 Å². The Morgan fingerprint density at radius 1 is 1.18 bits per heavy atom. The topological polar surface area (TPSA) is 150 Å². The van der Waals surface area contributed by atoms with Crippen LogP contribution in [0.15, 0.2) is 28.8 Å². The van der Waals surface area contributed by atoms with E-state index in [-0.39, 0.29) is 34.9 Å². The molecule has 12 nitrogen and oxygen atoms in total. The number of nitrogens with zero attached hydrogens (tertiary/aromatic N) is 2. The Morgan fingerprint density at radius 3 is 2.61 bits per heavy atom. The summed E-state index contributed by atoms with van der Waals surface area (Å²) < 4.78 is 34.8. The van der Waals surface area contributed by atoms with E-state index >= 15 is 0 Å². The number of aryl methyl sites for hydroxylation is 1. The maximum absolute atomic E-state index is 12.6. The van der Waals surface area contributed by atoms with Gasteiger partial charge in [-0.25, -0.2) is 18.4 Å². The summed E-state index contributed by atoms with van der Waals surface area (Å²) >= 11 is 0.118. The largest absolute Gasteiger partial charge is 0.493 e. The van der Waals surface area contributed by atoms with Crippen LogP contribution in [0.1, 0.15) is 38.7 Å². The van der Waals surface area contributed by atoms with Crippen molar-refractivity contribution in [3.05, 3.63) is 34.4 Å². The molecule has 14 heteroatoms. The number of aliphatic hydroxyl groups is 1. The van der Waals surface area contributed by atoms with Crippen molar-refractivity contribution in [1.82, 2.24) is 19.2 Å². The lowest BCUT2D eigenvalue weighted by Crippen LogP contribution is -2.63. The van der Waals surface area contributed by atoms with Crippen LogP contribution in [0.3, 0.4) is 0 Å². The SMILES string of the molecule is COc1ccc(CCCCOCCNS(=O)NC[C@@H]2C[C@H](SC3=C(C(=O)O)N4C(=O)[C@H]([C@@H](C)O)C4[C@H]3C)CN2C)cc1OC. The molecule has 1 amide bonds. The summed E-state index contributed by atoms with van der Waals surface area (Å²) in [5, 5.41) is 20.1. The molecule has 44 heavy (non-hydrogen) atoms. The summed E-state index contributed by atoms with van der Waals surface area (Å²) in [7, 11) is 5.26. The number of methoxy groups -OCH3 is 2. The predicted octanol–water partition coefficient (Wildman–Crippen LogP) is 1.76. The molecule has 3 aliphatic heterocycles. The lowest BCUT2D eigenvalue weighted by atomic mass is 9.79. The highest BCUT2D eigenvalue weighted by Crippen LogP contribution is 2.52. The fourth-order valence-corrected chi connectivity index (χ4v) is 8.66. The number of hydrogen-bond acceptors (Lipinski definition) is 9. The first kappa shape index (κ1) is 34.7. The normalized spacial score (nSPS) is 26.5. The Labute approximate surface area is 266 Å². The second-order valence-corrected chi connectivity index (χ2v) is 14.1. The molecule has 0 aromatic heterocycles. The number of likely N-dealkylation sites (N-methyl/N-ethyl adjacent to an activating group) is 1. The Balaban J connectivity index is 1.11. The minimum absolute atomic E-state index is 0.0593. The molecule has 7 atom stereocenters. The zero-order valence-electron chi connectivity index (χ0n) is 26.1. The third-order valence-electron chi connectivity index (χ3n) is 8.64. The van der Waals surface area contributed by atoms with Gasteiger partial charge in [0, 0.05) is 48.4 Å². The molecule has 2 saturated heterocycles. The predicted molar refractivity (Wildman–Crippen MR) is 169 cm³/mol. The maximum atomic E-state index is 12.6. The highest BCUT2D eigenvalue weighted by molar-refractivity contribution is 8.03. The number of benzene rings is 1.